The number of anilines is 1. The van der Waals surface area contributed by atoms with Crippen LogP contribution in [0, 0.1) is 0 Å². The third kappa shape index (κ3) is 3.98. The Labute approximate surface area is 142 Å². The molecule has 2 N–H and O–H groups in total. The van der Waals surface area contributed by atoms with E-state index in [1.807, 2.05) is 49.4 Å². The first-order valence-corrected chi connectivity index (χ1v) is 7.87. The molecule has 2 atom stereocenters. The van der Waals surface area contributed by atoms with Crippen LogP contribution in [0.4, 0.5) is 5.69 Å². The van der Waals surface area contributed by atoms with Crippen LogP contribution in [-0.2, 0) is 4.79 Å². The Bertz CT molecular complexity index is 672. The van der Waals surface area contributed by atoms with Crippen LogP contribution in [0.3, 0.4) is 0 Å². The lowest BCUT2D eigenvalue weighted by Gasteiger charge is -2.26. The lowest BCUT2D eigenvalue weighted by Crippen LogP contribution is -2.35. The van der Waals surface area contributed by atoms with Gasteiger partial charge in [0.2, 0.25) is 0 Å². The standard InChI is InChI=1S/C19H23NO4/c1-4-15(13-10-11-16(23-2)17(12-13)24-3)18(19(21)22)20-14-8-6-5-7-9-14/h5-12,15,18,20H,4H2,1-3H3,(H,21,22). The molecule has 5 heteroatoms. The molecule has 24 heavy (non-hydrogen) atoms. The minimum absolute atomic E-state index is 0.206. The highest BCUT2D eigenvalue weighted by Crippen LogP contribution is 2.34. The molecule has 2 unspecified atom stereocenters. The zero-order valence-electron chi connectivity index (χ0n) is 14.2. The minimum atomic E-state index is -0.888. The fourth-order valence-corrected chi connectivity index (χ4v) is 2.80. The molecule has 0 aliphatic carbocycles. The van der Waals surface area contributed by atoms with Gasteiger partial charge in [-0.15, -0.1) is 0 Å². The second kappa shape index (κ2) is 8.24. The molecule has 0 aliphatic heterocycles. The van der Waals surface area contributed by atoms with Crippen molar-refractivity contribution in [3.8, 4) is 11.5 Å². The summed E-state index contributed by atoms with van der Waals surface area (Å²) in [6.07, 6.45) is 0.673. The van der Waals surface area contributed by atoms with Crippen LogP contribution < -0.4 is 14.8 Å². The smallest absolute Gasteiger partial charge is 0.326 e. The Kier molecular flexibility index (Phi) is 6.07. The Morgan fingerprint density at radius 3 is 2.29 bits per heavy atom. The molecule has 0 radical (unpaired) electrons. The maximum absolute atomic E-state index is 11.8. The summed E-state index contributed by atoms with van der Waals surface area (Å²) in [5.74, 6) is 0.124. The first kappa shape index (κ1) is 17.7. The van der Waals surface area contributed by atoms with E-state index in [2.05, 4.69) is 5.32 Å². The SMILES string of the molecule is CCC(c1ccc(OC)c(OC)c1)C(Nc1ccccc1)C(=O)O. The Hall–Kier alpha value is -2.69. The average molecular weight is 329 g/mol. The normalized spacial score (nSPS) is 13.0. The van der Waals surface area contributed by atoms with Crippen molar-refractivity contribution in [3.05, 3.63) is 54.1 Å². The summed E-state index contributed by atoms with van der Waals surface area (Å²) in [6.45, 7) is 1.98. The van der Waals surface area contributed by atoms with Gasteiger partial charge in [-0.05, 0) is 36.2 Å². The number of methoxy groups -OCH3 is 2. The second-order valence-corrected chi connectivity index (χ2v) is 5.46. The van der Waals surface area contributed by atoms with Gasteiger partial charge in [0.05, 0.1) is 14.2 Å². The predicted octanol–water partition coefficient (Wildman–Crippen LogP) is 3.76. The number of benzene rings is 2. The number of carbonyl (C=O) groups is 1. The molecule has 0 bridgehead atoms. The highest BCUT2D eigenvalue weighted by atomic mass is 16.5. The summed E-state index contributed by atoms with van der Waals surface area (Å²) < 4.78 is 10.6. The maximum atomic E-state index is 11.8. The maximum Gasteiger partial charge on any atom is 0.326 e. The van der Waals surface area contributed by atoms with Gasteiger partial charge in [0.25, 0.3) is 0 Å². The van der Waals surface area contributed by atoms with Crippen LogP contribution in [0.2, 0.25) is 0 Å². The molecule has 2 aromatic rings. The number of aliphatic carboxylic acids is 1. The molecule has 0 aromatic heterocycles. The summed E-state index contributed by atoms with van der Waals surface area (Å²) in [4.78, 5) is 11.8. The van der Waals surface area contributed by atoms with Crippen LogP contribution in [-0.4, -0.2) is 31.3 Å². The van der Waals surface area contributed by atoms with E-state index < -0.39 is 12.0 Å². The molecule has 0 saturated carbocycles. The van der Waals surface area contributed by atoms with E-state index in [1.54, 1.807) is 20.3 Å². The van der Waals surface area contributed by atoms with Crippen LogP contribution >= 0.6 is 0 Å². The van der Waals surface area contributed by atoms with Gasteiger partial charge in [-0.1, -0.05) is 31.2 Å². The Balaban J connectivity index is 2.34. The first-order chi connectivity index (χ1) is 11.6. The zero-order valence-corrected chi connectivity index (χ0v) is 14.2. The van der Waals surface area contributed by atoms with Crippen molar-refractivity contribution in [2.75, 3.05) is 19.5 Å². The van der Waals surface area contributed by atoms with Crippen molar-refractivity contribution < 1.29 is 19.4 Å². The highest BCUT2D eigenvalue weighted by Gasteiger charge is 2.29. The van der Waals surface area contributed by atoms with Gasteiger partial charge >= 0.3 is 5.97 Å². The Morgan fingerprint density at radius 2 is 1.75 bits per heavy atom. The van der Waals surface area contributed by atoms with Crippen molar-refractivity contribution in [2.45, 2.75) is 25.3 Å². The molecule has 0 aliphatic rings. The monoisotopic (exact) mass is 329 g/mol. The number of hydrogen-bond acceptors (Lipinski definition) is 4. The largest absolute Gasteiger partial charge is 0.493 e. The molecule has 0 fully saturated rings. The highest BCUT2D eigenvalue weighted by molar-refractivity contribution is 5.79. The number of carboxylic acid groups (broad SMARTS) is 1. The lowest BCUT2D eigenvalue weighted by molar-refractivity contribution is -0.138. The minimum Gasteiger partial charge on any atom is -0.493 e. The number of nitrogens with one attached hydrogen (secondary N) is 1. The molecule has 5 nitrogen and oxygen atoms in total. The van der Waals surface area contributed by atoms with E-state index >= 15 is 0 Å². The molecule has 0 heterocycles. The number of rotatable bonds is 8. The van der Waals surface area contributed by atoms with Crippen molar-refractivity contribution in [2.24, 2.45) is 0 Å². The molecule has 0 saturated heterocycles. The van der Waals surface area contributed by atoms with Crippen LogP contribution in [0.1, 0.15) is 24.8 Å². The van der Waals surface area contributed by atoms with E-state index in [0.717, 1.165) is 11.3 Å². The van der Waals surface area contributed by atoms with Crippen molar-refractivity contribution in [1.29, 1.82) is 0 Å². The molecule has 2 rings (SSSR count). The van der Waals surface area contributed by atoms with E-state index in [0.29, 0.717) is 17.9 Å². The van der Waals surface area contributed by atoms with E-state index in [1.165, 1.54) is 0 Å². The van der Waals surface area contributed by atoms with E-state index in [4.69, 9.17) is 9.47 Å². The fraction of sp³-hybridized carbons (Fsp3) is 0.316. The van der Waals surface area contributed by atoms with Gasteiger partial charge in [0.15, 0.2) is 11.5 Å². The number of hydrogen-bond donors (Lipinski definition) is 2. The van der Waals surface area contributed by atoms with Gasteiger partial charge in [-0.3, -0.25) is 0 Å². The second-order valence-electron chi connectivity index (χ2n) is 5.46. The summed E-state index contributed by atoms with van der Waals surface area (Å²) in [6, 6.07) is 14.2. The first-order valence-electron chi connectivity index (χ1n) is 7.87. The van der Waals surface area contributed by atoms with E-state index in [9.17, 15) is 9.90 Å². The van der Waals surface area contributed by atoms with Gasteiger partial charge in [0, 0.05) is 11.6 Å². The molecular weight excluding hydrogens is 306 g/mol. The molecular formula is C19H23NO4. The third-order valence-corrected chi connectivity index (χ3v) is 4.04. The van der Waals surface area contributed by atoms with Crippen molar-refractivity contribution in [1.82, 2.24) is 0 Å². The van der Waals surface area contributed by atoms with Crippen LogP contribution in [0.25, 0.3) is 0 Å². The molecule has 0 amide bonds. The van der Waals surface area contributed by atoms with Crippen LogP contribution in [0.5, 0.6) is 11.5 Å². The average Bonchev–Trinajstić information content (AvgIpc) is 2.62. The topological polar surface area (TPSA) is 67.8 Å². The van der Waals surface area contributed by atoms with Gasteiger partial charge in [-0.2, -0.15) is 0 Å². The van der Waals surface area contributed by atoms with Crippen molar-refractivity contribution >= 4 is 11.7 Å². The zero-order chi connectivity index (χ0) is 17.5. The van der Waals surface area contributed by atoms with E-state index in [-0.39, 0.29) is 5.92 Å². The fourth-order valence-electron chi connectivity index (χ4n) is 2.80. The molecule has 128 valence electrons. The quantitative estimate of drug-likeness (QED) is 0.772. The number of para-hydroxylation sites is 1. The summed E-state index contributed by atoms with van der Waals surface area (Å²) in [5, 5.41) is 12.8. The number of ether oxygens (including phenoxy) is 2. The lowest BCUT2D eigenvalue weighted by atomic mass is 9.88. The predicted molar refractivity (Wildman–Crippen MR) is 94.1 cm³/mol. The van der Waals surface area contributed by atoms with Gasteiger partial charge < -0.3 is 19.9 Å². The third-order valence-electron chi connectivity index (χ3n) is 4.04. The van der Waals surface area contributed by atoms with Gasteiger partial charge in [0.1, 0.15) is 6.04 Å². The summed E-state index contributed by atoms with van der Waals surface area (Å²) in [7, 11) is 3.14. The molecule has 2 aromatic carbocycles. The summed E-state index contributed by atoms with van der Waals surface area (Å²) in [5.41, 5.74) is 1.68. The van der Waals surface area contributed by atoms with Crippen molar-refractivity contribution in [3.63, 3.8) is 0 Å². The Morgan fingerprint density at radius 1 is 1.08 bits per heavy atom. The van der Waals surface area contributed by atoms with Gasteiger partial charge in [-0.25, -0.2) is 4.79 Å². The number of carboxylic acids is 1. The summed E-state index contributed by atoms with van der Waals surface area (Å²) >= 11 is 0. The van der Waals surface area contributed by atoms with Crippen LogP contribution in [0.15, 0.2) is 48.5 Å². The molecule has 0 spiro atoms.